The van der Waals surface area contributed by atoms with Gasteiger partial charge in [0.1, 0.15) is 22.5 Å². The molecule has 0 saturated heterocycles. The molecule has 0 aliphatic carbocycles. The van der Waals surface area contributed by atoms with Crippen LogP contribution in [-0.4, -0.2) is 23.2 Å². The second-order valence-corrected chi connectivity index (χ2v) is 5.76. The average Bonchev–Trinajstić information content (AvgIpc) is 2.77. The van der Waals surface area contributed by atoms with Crippen LogP contribution in [0.1, 0.15) is 11.3 Å². The van der Waals surface area contributed by atoms with Crippen molar-refractivity contribution >= 4 is 15.8 Å². The van der Waals surface area contributed by atoms with E-state index in [1.165, 1.54) is 23.0 Å². The third kappa shape index (κ3) is 2.76. The first-order chi connectivity index (χ1) is 9.44. The average molecular weight is 292 g/mol. The van der Waals surface area contributed by atoms with Crippen molar-refractivity contribution in [1.29, 1.82) is 5.26 Å². The second-order valence-electron chi connectivity index (χ2n) is 3.99. The number of aryl methyl sites for hydroxylation is 1. The summed E-state index contributed by atoms with van der Waals surface area (Å²) in [6, 6.07) is 4.48. The van der Waals surface area contributed by atoms with Gasteiger partial charge in [0.25, 0.3) is 0 Å². The number of rotatable bonds is 4. The molecule has 0 aromatic carbocycles. The number of hydrogen-bond acceptors (Lipinski definition) is 6. The highest BCUT2D eigenvalue weighted by molar-refractivity contribution is 7.89. The molecule has 0 bridgehead atoms. The molecule has 8 nitrogen and oxygen atoms in total. The zero-order valence-corrected chi connectivity index (χ0v) is 11.4. The lowest BCUT2D eigenvalue weighted by Gasteiger charge is -2.06. The van der Waals surface area contributed by atoms with E-state index in [1.54, 1.807) is 7.05 Å². The molecule has 2 aromatic heterocycles. The number of nitrogens with zero attached hydrogens (tertiary/aromatic N) is 4. The Labute approximate surface area is 115 Å². The number of anilines is 1. The van der Waals surface area contributed by atoms with Crippen molar-refractivity contribution in [3.63, 3.8) is 0 Å². The summed E-state index contributed by atoms with van der Waals surface area (Å²) in [6.45, 7) is 0.0298. The van der Waals surface area contributed by atoms with E-state index in [-0.39, 0.29) is 17.1 Å². The standard InChI is InChI=1S/C11H12N6O2S/c1-17-11(13)8(5-15-17)6-16-20(18,19)10-3-2-9(4-12)14-7-10/h2-3,5,7,16H,6,13H2,1H3. The molecule has 0 fully saturated rings. The Hall–Kier alpha value is -2.44. The number of aromatic nitrogens is 3. The summed E-state index contributed by atoms with van der Waals surface area (Å²) in [5, 5.41) is 12.5. The predicted octanol–water partition coefficient (Wildman–Crippen LogP) is -0.253. The van der Waals surface area contributed by atoms with E-state index < -0.39 is 10.0 Å². The Morgan fingerprint density at radius 2 is 2.20 bits per heavy atom. The van der Waals surface area contributed by atoms with E-state index in [0.29, 0.717) is 11.4 Å². The lowest BCUT2D eigenvalue weighted by molar-refractivity contribution is 0.581. The first kappa shape index (κ1) is 14.0. The molecular weight excluding hydrogens is 280 g/mol. The van der Waals surface area contributed by atoms with E-state index in [4.69, 9.17) is 11.0 Å². The van der Waals surface area contributed by atoms with Crippen LogP contribution in [0.2, 0.25) is 0 Å². The van der Waals surface area contributed by atoms with Crippen molar-refractivity contribution in [2.75, 3.05) is 5.73 Å². The van der Waals surface area contributed by atoms with E-state index >= 15 is 0 Å². The zero-order valence-electron chi connectivity index (χ0n) is 10.6. The highest BCUT2D eigenvalue weighted by Gasteiger charge is 2.15. The summed E-state index contributed by atoms with van der Waals surface area (Å²) in [5.74, 6) is 0.394. The Kier molecular flexibility index (Phi) is 3.69. The van der Waals surface area contributed by atoms with Crippen molar-refractivity contribution < 1.29 is 8.42 Å². The molecule has 0 aliphatic heterocycles. The van der Waals surface area contributed by atoms with Crippen molar-refractivity contribution in [3.05, 3.63) is 35.8 Å². The van der Waals surface area contributed by atoms with E-state index in [1.807, 2.05) is 6.07 Å². The molecule has 0 atom stereocenters. The topological polar surface area (TPSA) is 127 Å². The van der Waals surface area contributed by atoms with Gasteiger partial charge in [-0.25, -0.2) is 18.1 Å². The Morgan fingerprint density at radius 3 is 2.70 bits per heavy atom. The van der Waals surface area contributed by atoms with E-state index in [9.17, 15) is 8.42 Å². The lowest BCUT2D eigenvalue weighted by Crippen LogP contribution is -2.23. The molecule has 0 aliphatic rings. The molecule has 0 radical (unpaired) electrons. The monoisotopic (exact) mass is 292 g/mol. The third-order valence-corrected chi connectivity index (χ3v) is 4.06. The molecule has 0 amide bonds. The Bertz CT molecular complexity index is 757. The van der Waals surface area contributed by atoms with Crippen molar-refractivity contribution in [1.82, 2.24) is 19.5 Å². The first-order valence-electron chi connectivity index (χ1n) is 5.56. The molecule has 20 heavy (non-hydrogen) atoms. The fourth-order valence-electron chi connectivity index (χ4n) is 1.49. The normalized spacial score (nSPS) is 11.2. The maximum Gasteiger partial charge on any atom is 0.242 e. The number of nitrogen functional groups attached to an aromatic ring is 1. The summed E-state index contributed by atoms with van der Waals surface area (Å²) in [4.78, 5) is 3.70. The van der Waals surface area contributed by atoms with Crippen LogP contribution >= 0.6 is 0 Å². The predicted molar refractivity (Wildman–Crippen MR) is 70.6 cm³/mol. The van der Waals surface area contributed by atoms with Crippen molar-refractivity contribution in [2.45, 2.75) is 11.4 Å². The molecule has 104 valence electrons. The van der Waals surface area contributed by atoms with Crippen LogP contribution in [0.5, 0.6) is 0 Å². The van der Waals surface area contributed by atoms with E-state index in [2.05, 4.69) is 14.8 Å². The summed E-state index contributed by atoms with van der Waals surface area (Å²) >= 11 is 0. The van der Waals surface area contributed by atoms with Gasteiger partial charge >= 0.3 is 0 Å². The highest BCUT2D eigenvalue weighted by atomic mass is 32.2. The van der Waals surface area contributed by atoms with Crippen LogP contribution in [0.25, 0.3) is 0 Å². The minimum atomic E-state index is -3.71. The SMILES string of the molecule is Cn1ncc(CNS(=O)(=O)c2ccc(C#N)nc2)c1N. The van der Waals surface area contributed by atoms with Crippen LogP contribution in [0.15, 0.2) is 29.4 Å². The largest absolute Gasteiger partial charge is 0.384 e. The number of hydrogen-bond donors (Lipinski definition) is 2. The molecule has 2 aromatic rings. The van der Waals surface area contributed by atoms with Crippen LogP contribution in [0.3, 0.4) is 0 Å². The van der Waals surface area contributed by atoms with Crippen molar-refractivity contribution in [3.8, 4) is 6.07 Å². The summed E-state index contributed by atoms with van der Waals surface area (Å²) in [5.41, 5.74) is 6.46. The number of pyridine rings is 1. The smallest absolute Gasteiger partial charge is 0.242 e. The second kappa shape index (κ2) is 5.28. The third-order valence-electron chi connectivity index (χ3n) is 2.68. The molecule has 0 saturated carbocycles. The molecule has 2 heterocycles. The zero-order chi connectivity index (χ0) is 14.8. The summed E-state index contributed by atoms with van der Waals surface area (Å²) in [6.07, 6.45) is 2.63. The number of nitrogens with two attached hydrogens (primary N) is 1. The van der Waals surface area contributed by atoms with Crippen LogP contribution in [-0.2, 0) is 23.6 Å². The molecule has 9 heteroatoms. The number of nitrogens with one attached hydrogen (secondary N) is 1. The number of nitriles is 1. The van der Waals surface area contributed by atoms with Crippen LogP contribution in [0, 0.1) is 11.3 Å². The molecule has 0 unspecified atom stereocenters. The van der Waals surface area contributed by atoms with E-state index in [0.717, 1.165) is 6.20 Å². The molecule has 0 spiro atoms. The van der Waals surface area contributed by atoms with Gasteiger partial charge in [-0.1, -0.05) is 0 Å². The van der Waals surface area contributed by atoms with Gasteiger partial charge < -0.3 is 5.73 Å². The van der Waals surface area contributed by atoms with Gasteiger partial charge in [0.15, 0.2) is 0 Å². The highest BCUT2D eigenvalue weighted by Crippen LogP contribution is 2.12. The quantitative estimate of drug-likeness (QED) is 0.799. The van der Waals surface area contributed by atoms with Gasteiger partial charge in [0, 0.05) is 25.4 Å². The van der Waals surface area contributed by atoms with Gasteiger partial charge in [-0.3, -0.25) is 4.68 Å². The first-order valence-corrected chi connectivity index (χ1v) is 7.04. The molecule has 2 rings (SSSR count). The van der Waals surface area contributed by atoms with Crippen molar-refractivity contribution in [2.24, 2.45) is 7.05 Å². The minimum absolute atomic E-state index is 0.0149. The molecular formula is C11H12N6O2S. The number of sulfonamides is 1. The molecule has 3 N–H and O–H groups in total. The Balaban J connectivity index is 2.15. The van der Waals surface area contributed by atoms with Gasteiger partial charge in [0.2, 0.25) is 10.0 Å². The Morgan fingerprint density at radius 1 is 1.45 bits per heavy atom. The van der Waals surface area contributed by atoms with Gasteiger partial charge in [-0.05, 0) is 12.1 Å². The fourth-order valence-corrected chi connectivity index (χ4v) is 2.44. The maximum absolute atomic E-state index is 12.0. The summed E-state index contributed by atoms with van der Waals surface area (Å²) < 4.78 is 27.9. The lowest BCUT2D eigenvalue weighted by atomic mass is 10.3. The van der Waals surface area contributed by atoms with Gasteiger partial charge in [-0.15, -0.1) is 0 Å². The summed E-state index contributed by atoms with van der Waals surface area (Å²) in [7, 11) is -2.04. The van der Waals surface area contributed by atoms with Gasteiger partial charge in [0.05, 0.1) is 6.20 Å². The maximum atomic E-state index is 12.0. The van der Waals surface area contributed by atoms with Crippen LogP contribution < -0.4 is 10.5 Å². The van der Waals surface area contributed by atoms with Crippen LogP contribution in [0.4, 0.5) is 5.82 Å². The van der Waals surface area contributed by atoms with Gasteiger partial charge in [-0.2, -0.15) is 10.4 Å². The fraction of sp³-hybridized carbons (Fsp3) is 0.182. The minimum Gasteiger partial charge on any atom is -0.384 e.